The van der Waals surface area contributed by atoms with E-state index in [2.05, 4.69) is 0 Å². The van der Waals surface area contributed by atoms with Gasteiger partial charge >= 0.3 is 12.4 Å². The molecule has 0 aromatic carbocycles. The molecule has 0 amide bonds. The first-order chi connectivity index (χ1) is 13.5. The van der Waals surface area contributed by atoms with E-state index in [1.54, 1.807) is 13.8 Å². The van der Waals surface area contributed by atoms with Crippen LogP contribution in [0.3, 0.4) is 0 Å². The van der Waals surface area contributed by atoms with Gasteiger partial charge in [0.1, 0.15) is 0 Å². The summed E-state index contributed by atoms with van der Waals surface area (Å²) in [6.45, 7) is 2.84. The number of alkyl halides is 6. The summed E-state index contributed by atoms with van der Waals surface area (Å²) < 4.78 is 89.2. The first-order valence-corrected chi connectivity index (χ1v) is 11.3. The normalized spacial score (nSPS) is 35.0. The third-order valence-corrected chi connectivity index (χ3v) is 8.13. The molecule has 0 N–H and O–H groups in total. The molecule has 0 bridgehead atoms. The van der Waals surface area contributed by atoms with Gasteiger partial charge in [-0.05, 0) is 61.7 Å². The lowest BCUT2D eigenvalue weighted by Gasteiger charge is -2.51. The molecule has 0 spiro atoms. The van der Waals surface area contributed by atoms with Crippen molar-refractivity contribution in [1.82, 2.24) is 0 Å². The van der Waals surface area contributed by atoms with Gasteiger partial charge in [-0.2, -0.15) is 26.3 Å². The largest absolute Gasteiger partial charge is 0.426 e. The third kappa shape index (κ3) is 4.45. The summed E-state index contributed by atoms with van der Waals surface area (Å²) >= 11 is 0. The van der Waals surface area contributed by atoms with Gasteiger partial charge in [0.15, 0.2) is 0 Å². The van der Waals surface area contributed by atoms with Crippen molar-refractivity contribution < 1.29 is 31.1 Å². The molecule has 3 saturated carbocycles. The van der Waals surface area contributed by atoms with Crippen LogP contribution in [0.1, 0.15) is 78.1 Å². The van der Waals surface area contributed by atoms with E-state index in [0.717, 1.165) is 25.7 Å². The number of rotatable bonds is 5. The van der Waals surface area contributed by atoms with Crippen molar-refractivity contribution in [2.24, 2.45) is 35.5 Å². The summed E-state index contributed by atoms with van der Waals surface area (Å²) in [5.41, 5.74) is -4.04. The molecular weight excluding hydrogens is 394 g/mol. The van der Waals surface area contributed by atoms with E-state index in [0.29, 0.717) is 24.7 Å². The Morgan fingerprint density at radius 2 is 1.28 bits per heavy atom. The van der Waals surface area contributed by atoms with Gasteiger partial charge in [0.25, 0.3) is 5.60 Å². The second kappa shape index (κ2) is 8.58. The van der Waals surface area contributed by atoms with Crippen molar-refractivity contribution in [3.05, 3.63) is 0 Å². The number of halogens is 6. The van der Waals surface area contributed by atoms with E-state index in [1.807, 2.05) is 0 Å². The Balaban J connectivity index is 1.84. The highest BCUT2D eigenvalue weighted by atomic mass is 19.4. The van der Waals surface area contributed by atoms with E-state index in [-0.39, 0.29) is 30.6 Å². The second-order valence-corrected chi connectivity index (χ2v) is 9.86. The summed E-state index contributed by atoms with van der Waals surface area (Å²) in [5, 5.41) is 0. The smallest absolute Gasteiger partial charge is 0.358 e. The topological polar surface area (TPSA) is 9.23 Å². The van der Waals surface area contributed by atoms with Gasteiger partial charge in [-0.3, -0.25) is 0 Å². The van der Waals surface area contributed by atoms with Crippen molar-refractivity contribution in [1.29, 1.82) is 0 Å². The molecule has 29 heavy (non-hydrogen) atoms. The summed E-state index contributed by atoms with van der Waals surface area (Å²) in [6, 6.07) is 0. The molecule has 3 rings (SSSR count). The molecule has 1 nitrogen and oxygen atoms in total. The standard InChI is InChI=1S/C22H34F6O/c1-3-14(2)13-29-20(21(23,24)25,22(26,27)28)19-9-8-17-10-15-6-4-5-7-16(15)11-18(17)12-19/h14-19H,3-13H2,1-2H3. The predicted octanol–water partition coefficient (Wildman–Crippen LogP) is 7.55. The molecule has 0 aromatic rings. The SMILES string of the molecule is CCC(C)COC(C1CCC2CC3CCCCC3CC2C1)(C(F)(F)F)C(F)(F)F. The van der Waals surface area contributed by atoms with Crippen LogP contribution in [0.5, 0.6) is 0 Å². The molecule has 0 saturated heterocycles. The minimum absolute atomic E-state index is 0.0204. The van der Waals surface area contributed by atoms with Crippen LogP contribution in [0.2, 0.25) is 0 Å². The lowest BCUT2D eigenvalue weighted by atomic mass is 9.57. The monoisotopic (exact) mass is 428 g/mol. The van der Waals surface area contributed by atoms with E-state index in [1.165, 1.54) is 12.8 Å². The maximum Gasteiger partial charge on any atom is 0.426 e. The summed E-state index contributed by atoms with van der Waals surface area (Å²) in [4.78, 5) is 0. The van der Waals surface area contributed by atoms with E-state index in [9.17, 15) is 26.3 Å². The van der Waals surface area contributed by atoms with Crippen LogP contribution in [0, 0.1) is 35.5 Å². The lowest BCUT2D eigenvalue weighted by molar-refractivity contribution is -0.403. The average molecular weight is 429 g/mol. The fourth-order valence-electron chi connectivity index (χ4n) is 6.27. The fraction of sp³-hybridized carbons (Fsp3) is 1.00. The number of hydrogen-bond donors (Lipinski definition) is 0. The maximum absolute atomic E-state index is 14.1. The molecule has 0 heterocycles. The quantitative estimate of drug-likeness (QED) is 0.411. The van der Waals surface area contributed by atoms with Gasteiger partial charge in [0, 0.05) is 5.92 Å². The number of ether oxygens (including phenoxy) is 1. The van der Waals surface area contributed by atoms with E-state index >= 15 is 0 Å². The maximum atomic E-state index is 14.1. The Bertz CT molecular complexity index is 528. The van der Waals surface area contributed by atoms with Gasteiger partial charge in [0.2, 0.25) is 0 Å². The van der Waals surface area contributed by atoms with E-state index < -0.39 is 30.5 Å². The van der Waals surface area contributed by atoms with Crippen LogP contribution < -0.4 is 0 Å². The zero-order valence-corrected chi connectivity index (χ0v) is 17.4. The number of hydrogen-bond acceptors (Lipinski definition) is 1. The highest BCUT2D eigenvalue weighted by Crippen LogP contribution is 2.58. The van der Waals surface area contributed by atoms with Crippen molar-refractivity contribution in [2.75, 3.05) is 6.61 Å². The van der Waals surface area contributed by atoms with Gasteiger partial charge < -0.3 is 4.74 Å². The van der Waals surface area contributed by atoms with Crippen LogP contribution in [0.4, 0.5) is 26.3 Å². The Kier molecular flexibility index (Phi) is 6.87. The molecule has 3 aliphatic carbocycles. The Morgan fingerprint density at radius 3 is 1.79 bits per heavy atom. The second-order valence-electron chi connectivity index (χ2n) is 9.86. The van der Waals surface area contributed by atoms with Gasteiger partial charge in [-0.1, -0.05) is 46.0 Å². The highest BCUT2D eigenvalue weighted by molar-refractivity contribution is 5.05. The summed E-state index contributed by atoms with van der Waals surface area (Å²) in [5.74, 6) is -0.557. The van der Waals surface area contributed by atoms with Crippen molar-refractivity contribution in [2.45, 2.75) is 96.0 Å². The van der Waals surface area contributed by atoms with Crippen LogP contribution in [-0.2, 0) is 4.74 Å². The van der Waals surface area contributed by atoms with Crippen molar-refractivity contribution >= 4 is 0 Å². The summed E-state index contributed by atoms with van der Waals surface area (Å²) in [7, 11) is 0. The average Bonchev–Trinajstić information content (AvgIpc) is 2.64. The molecule has 6 atom stereocenters. The Labute approximate surface area is 169 Å². The van der Waals surface area contributed by atoms with Crippen LogP contribution >= 0.6 is 0 Å². The minimum Gasteiger partial charge on any atom is -0.358 e. The minimum atomic E-state index is -5.47. The molecule has 3 aliphatic rings. The molecular formula is C22H34F6O. The van der Waals surface area contributed by atoms with Crippen LogP contribution in [0.15, 0.2) is 0 Å². The fourth-order valence-corrected chi connectivity index (χ4v) is 6.27. The molecule has 170 valence electrons. The third-order valence-electron chi connectivity index (χ3n) is 8.13. The highest BCUT2D eigenvalue weighted by Gasteiger charge is 2.75. The first-order valence-electron chi connectivity index (χ1n) is 11.3. The molecule has 3 fully saturated rings. The van der Waals surface area contributed by atoms with Crippen LogP contribution in [-0.4, -0.2) is 24.6 Å². The van der Waals surface area contributed by atoms with Gasteiger partial charge in [0.05, 0.1) is 6.61 Å². The zero-order valence-electron chi connectivity index (χ0n) is 17.4. The predicted molar refractivity (Wildman–Crippen MR) is 99.3 cm³/mol. The molecule has 0 aliphatic heterocycles. The molecule has 0 aromatic heterocycles. The molecule has 7 heteroatoms. The first kappa shape index (κ1) is 23.2. The summed E-state index contributed by atoms with van der Waals surface area (Å²) in [6.07, 6.45) is -3.72. The van der Waals surface area contributed by atoms with Gasteiger partial charge in [-0.25, -0.2) is 0 Å². The zero-order chi connectivity index (χ0) is 21.4. The van der Waals surface area contributed by atoms with Gasteiger partial charge in [-0.15, -0.1) is 0 Å². The van der Waals surface area contributed by atoms with E-state index in [4.69, 9.17) is 4.74 Å². The number of fused-ring (bicyclic) bond motifs is 2. The Hall–Kier alpha value is -0.460. The lowest BCUT2D eigenvalue weighted by Crippen LogP contribution is -2.64. The Morgan fingerprint density at radius 1 is 0.759 bits per heavy atom. The van der Waals surface area contributed by atoms with Crippen molar-refractivity contribution in [3.63, 3.8) is 0 Å². The van der Waals surface area contributed by atoms with Crippen LogP contribution in [0.25, 0.3) is 0 Å². The van der Waals surface area contributed by atoms with Crippen molar-refractivity contribution in [3.8, 4) is 0 Å². The molecule has 6 unspecified atom stereocenters. The molecule has 0 radical (unpaired) electrons.